The summed E-state index contributed by atoms with van der Waals surface area (Å²) in [6, 6.07) is 5.68. The molecule has 2 rings (SSSR count). The Labute approximate surface area is 133 Å². The van der Waals surface area contributed by atoms with E-state index in [0.29, 0.717) is 19.8 Å². The third-order valence-electron chi connectivity index (χ3n) is 2.22. The Morgan fingerprint density at radius 2 is 0.947 bits per heavy atom. The summed E-state index contributed by atoms with van der Waals surface area (Å²) in [5, 5.41) is 20.7. The van der Waals surface area contributed by atoms with Gasteiger partial charge >= 0.3 is 0 Å². The van der Waals surface area contributed by atoms with Gasteiger partial charge in [0.05, 0.1) is 29.9 Å². The van der Waals surface area contributed by atoms with E-state index in [1.165, 1.54) is 24.3 Å². The third kappa shape index (κ3) is 3.36. The van der Waals surface area contributed by atoms with Crippen molar-refractivity contribution in [1.29, 1.82) is 0 Å². The Morgan fingerprint density at radius 3 is 1.32 bits per heavy atom. The van der Waals surface area contributed by atoms with E-state index in [1.54, 1.807) is 0 Å². The minimum atomic E-state index is -0.0372. The molecule has 2 N–H and O–H groups in total. The van der Waals surface area contributed by atoms with Crippen molar-refractivity contribution in [2.24, 2.45) is 0 Å². The fourth-order valence-electron chi connectivity index (χ4n) is 1.32. The minimum Gasteiger partial charge on any atom is -0.507 e. The Morgan fingerprint density at radius 1 is 0.632 bits per heavy atom. The zero-order valence-corrected chi connectivity index (χ0v) is 13.0. The lowest BCUT2D eigenvalue weighted by Gasteiger charge is -2.09. The molecule has 0 saturated heterocycles. The van der Waals surface area contributed by atoms with Gasteiger partial charge in [0.2, 0.25) is 0 Å². The van der Waals surface area contributed by atoms with Gasteiger partial charge in [0.25, 0.3) is 0 Å². The molecule has 0 saturated carbocycles. The van der Waals surface area contributed by atoms with Gasteiger partial charge in [0.1, 0.15) is 11.5 Å². The summed E-state index contributed by atoms with van der Waals surface area (Å²) in [5.41, 5.74) is 0. The maximum atomic E-state index is 9.79. The molecule has 0 atom stereocenters. The molecule has 0 fully saturated rings. The van der Waals surface area contributed by atoms with Crippen molar-refractivity contribution < 1.29 is 10.2 Å². The monoisotopic (exact) mass is 354 g/mol. The number of halogens is 4. The zero-order valence-electron chi connectivity index (χ0n) is 9.12. The number of rotatable bonds is 2. The lowest BCUT2D eigenvalue weighted by molar-refractivity contribution is 0.460. The van der Waals surface area contributed by atoms with Gasteiger partial charge in [-0.15, -0.1) is 0 Å². The van der Waals surface area contributed by atoms with Crippen LogP contribution < -0.4 is 0 Å². The van der Waals surface area contributed by atoms with Gasteiger partial charge in [-0.2, -0.15) is 0 Å². The molecule has 2 nitrogen and oxygen atoms in total. The van der Waals surface area contributed by atoms with Crippen LogP contribution in [0.5, 0.6) is 11.5 Å². The maximum Gasteiger partial charge on any atom is 0.131 e. The summed E-state index contributed by atoms with van der Waals surface area (Å²) >= 11 is 24.4. The van der Waals surface area contributed by atoms with Gasteiger partial charge in [-0.25, -0.2) is 0 Å². The van der Waals surface area contributed by atoms with Gasteiger partial charge in [0, 0.05) is 12.1 Å². The number of benzene rings is 2. The van der Waals surface area contributed by atoms with Crippen LogP contribution in [0.1, 0.15) is 0 Å². The van der Waals surface area contributed by atoms with Crippen molar-refractivity contribution in [3.05, 3.63) is 44.4 Å². The highest BCUT2D eigenvalue weighted by Gasteiger charge is 2.12. The molecule has 0 bridgehead atoms. The molecule has 0 spiro atoms. The summed E-state index contributed by atoms with van der Waals surface area (Å²) in [4.78, 5) is 0.895. The highest BCUT2D eigenvalue weighted by atomic mass is 35.5. The van der Waals surface area contributed by atoms with Crippen LogP contribution in [0.2, 0.25) is 20.1 Å². The Bertz CT molecular complexity index is 591. The van der Waals surface area contributed by atoms with E-state index in [-0.39, 0.29) is 21.5 Å². The second-order valence-electron chi connectivity index (χ2n) is 3.57. The van der Waals surface area contributed by atoms with E-state index in [9.17, 15) is 10.2 Å². The summed E-state index contributed by atoms with van der Waals surface area (Å²) in [7, 11) is 0. The van der Waals surface area contributed by atoms with Gasteiger partial charge < -0.3 is 10.2 Å². The number of hydrogen-bond acceptors (Lipinski definition) is 3. The van der Waals surface area contributed by atoms with Crippen molar-refractivity contribution in [1.82, 2.24) is 0 Å². The second-order valence-corrected chi connectivity index (χ2v) is 6.28. The normalized spacial score (nSPS) is 10.7. The summed E-state index contributed by atoms with van der Waals surface area (Å²) in [6.07, 6.45) is 0. The van der Waals surface area contributed by atoms with Crippen LogP contribution in [0, 0.1) is 0 Å². The van der Waals surface area contributed by atoms with E-state index in [2.05, 4.69) is 0 Å². The largest absolute Gasteiger partial charge is 0.507 e. The summed E-state index contributed by atoms with van der Waals surface area (Å²) in [5.74, 6) is -0.0743. The molecule has 2 aromatic carbocycles. The van der Waals surface area contributed by atoms with Crippen molar-refractivity contribution in [3.8, 4) is 11.5 Å². The van der Waals surface area contributed by atoms with Crippen molar-refractivity contribution >= 4 is 58.2 Å². The summed E-state index contributed by atoms with van der Waals surface area (Å²) in [6.45, 7) is 0. The lowest BCUT2D eigenvalue weighted by Crippen LogP contribution is -1.80. The minimum absolute atomic E-state index is 0.0372. The molecular formula is C12H6Cl4O2S. The molecule has 0 unspecified atom stereocenters. The van der Waals surface area contributed by atoms with E-state index in [0.717, 1.165) is 11.8 Å². The van der Waals surface area contributed by atoms with Crippen LogP contribution in [0.25, 0.3) is 0 Å². The van der Waals surface area contributed by atoms with Crippen molar-refractivity contribution in [2.75, 3.05) is 0 Å². The van der Waals surface area contributed by atoms with Crippen molar-refractivity contribution in [3.63, 3.8) is 0 Å². The van der Waals surface area contributed by atoms with Crippen LogP contribution in [0.3, 0.4) is 0 Å². The molecule has 0 aromatic heterocycles. The molecule has 0 amide bonds. The zero-order chi connectivity index (χ0) is 14.2. The number of aromatic hydroxyl groups is 2. The second kappa shape index (κ2) is 5.90. The molecule has 0 aliphatic heterocycles. The molecule has 0 heterocycles. The Balaban J connectivity index is 2.42. The SMILES string of the molecule is Oc1cc(Cl)c(Cl)cc1Sc1cc(Cl)c(Cl)cc1O. The molecule has 7 heteroatoms. The van der Waals surface area contributed by atoms with E-state index in [4.69, 9.17) is 46.4 Å². The van der Waals surface area contributed by atoms with Crippen LogP contribution in [0.15, 0.2) is 34.1 Å². The predicted molar refractivity (Wildman–Crippen MR) is 80.4 cm³/mol. The lowest BCUT2D eigenvalue weighted by atomic mass is 10.3. The molecular weight excluding hydrogens is 350 g/mol. The Kier molecular flexibility index (Phi) is 4.64. The van der Waals surface area contributed by atoms with Crippen LogP contribution in [-0.2, 0) is 0 Å². The van der Waals surface area contributed by atoms with Gasteiger partial charge in [-0.1, -0.05) is 58.2 Å². The molecule has 2 aromatic rings. The third-order valence-corrected chi connectivity index (χ3v) is 4.76. The van der Waals surface area contributed by atoms with E-state index < -0.39 is 0 Å². The van der Waals surface area contributed by atoms with Crippen LogP contribution in [0.4, 0.5) is 0 Å². The molecule has 100 valence electrons. The van der Waals surface area contributed by atoms with Gasteiger partial charge in [0.15, 0.2) is 0 Å². The number of phenols is 2. The average Bonchev–Trinajstić information content (AvgIpc) is 2.32. The first kappa shape index (κ1) is 14.9. The first-order valence-electron chi connectivity index (χ1n) is 4.92. The highest BCUT2D eigenvalue weighted by Crippen LogP contribution is 2.44. The molecule has 0 aliphatic rings. The highest BCUT2D eigenvalue weighted by molar-refractivity contribution is 7.99. The fourth-order valence-corrected chi connectivity index (χ4v) is 3.01. The molecule has 0 aliphatic carbocycles. The van der Waals surface area contributed by atoms with Gasteiger partial charge in [-0.3, -0.25) is 0 Å². The molecule has 0 radical (unpaired) electrons. The van der Waals surface area contributed by atoms with E-state index in [1.807, 2.05) is 0 Å². The fraction of sp³-hybridized carbons (Fsp3) is 0. The first-order chi connectivity index (χ1) is 8.88. The average molecular weight is 356 g/mol. The van der Waals surface area contributed by atoms with Crippen LogP contribution >= 0.6 is 58.2 Å². The van der Waals surface area contributed by atoms with E-state index >= 15 is 0 Å². The smallest absolute Gasteiger partial charge is 0.131 e. The topological polar surface area (TPSA) is 40.5 Å². The number of phenolic OH excluding ortho intramolecular Hbond substituents is 2. The Hall–Kier alpha value is -0.450. The summed E-state index contributed by atoms with van der Waals surface area (Å²) < 4.78 is 0. The van der Waals surface area contributed by atoms with Crippen molar-refractivity contribution in [2.45, 2.75) is 9.79 Å². The molecule has 19 heavy (non-hydrogen) atoms. The maximum absolute atomic E-state index is 9.79. The first-order valence-corrected chi connectivity index (χ1v) is 7.25. The standard InChI is InChI=1S/C12H6Cl4O2S/c13-5-1-9(17)11(3-7(5)15)19-12-4-8(16)6(14)2-10(12)18/h1-4,17-18H. The number of hydrogen-bond donors (Lipinski definition) is 2. The predicted octanol–water partition coefficient (Wildman–Crippen LogP) is 5.86. The van der Waals surface area contributed by atoms with Gasteiger partial charge in [-0.05, 0) is 12.1 Å². The van der Waals surface area contributed by atoms with Crippen LogP contribution in [-0.4, -0.2) is 10.2 Å². The quantitative estimate of drug-likeness (QED) is 0.708.